The number of rotatable bonds is 1. The lowest BCUT2D eigenvalue weighted by molar-refractivity contribution is 1.02. The number of nitrogen functional groups attached to an aromatic ring is 1. The molecule has 0 atom stereocenters. The van der Waals surface area contributed by atoms with Crippen LogP contribution in [0.2, 0.25) is 15.1 Å². The minimum Gasteiger partial charge on any atom is -0.379 e. The molecule has 0 radical (unpaired) electrons. The maximum Gasteiger partial charge on any atom is 0.298 e. The van der Waals surface area contributed by atoms with Crippen molar-refractivity contribution in [2.45, 2.75) is 0 Å². The van der Waals surface area contributed by atoms with Crippen LogP contribution in [0.25, 0.3) is 16.7 Å². The van der Waals surface area contributed by atoms with Crippen LogP contribution in [0, 0.1) is 0 Å². The van der Waals surface area contributed by atoms with Gasteiger partial charge >= 0.3 is 0 Å². The molecular formula is C14H8Cl3N3O. The van der Waals surface area contributed by atoms with Crippen LogP contribution in [-0.4, -0.2) is 9.55 Å². The molecule has 106 valence electrons. The van der Waals surface area contributed by atoms with E-state index in [-0.39, 0.29) is 5.82 Å². The molecular weight excluding hydrogens is 333 g/mol. The first-order valence-corrected chi connectivity index (χ1v) is 7.04. The Kier molecular flexibility index (Phi) is 3.53. The summed E-state index contributed by atoms with van der Waals surface area (Å²) in [6.07, 6.45) is 0. The van der Waals surface area contributed by atoms with E-state index in [0.29, 0.717) is 31.8 Å². The fourth-order valence-electron chi connectivity index (χ4n) is 2.04. The molecule has 0 aliphatic carbocycles. The van der Waals surface area contributed by atoms with E-state index in [1.807, 2.05) is 0 Å². The lowest BCUT2D eigenvalue weighted by Crippen LogP contribution is -2.23. The van der Waals surface area contributed by atoms with E-state index in [9.17, 15) is 4.79 Å². The molecule has 0 aliphatic heterocycles. The van der Waals surface area contributed by atoms with Gasteiger partial charge in [0.05, 0.1) is 21.1 Å². The monoisotopic (exact) mass is 339 g/mol. The van der Waals surface area contributed by atoms with Crippen molar-refractivity contribution in [3.8, 4) is 5.69 Å². The second kappa shape index (κ2) is 5.22. The van der Waals surface area contributed by atoms with Gasteiger partial charge in [-0.25, -0.2) is 4.98 Å². The maximum absolute atomic E-state index is 12.3. The first-order valence-electron chi connectivity index (χ1n) is 5.90. The van der Waals surface area contributed by atoms with Crippen LogP contribution in [0.1, 0.15) is 0 Å². The van der Waals surface area contributed by atoms with Crippen molar-refractivity contribution >= 4 is 51.7 Å². The highest BCUT2D eigenvalue weighted by Gasteiger charge is 2.12. The third kappa shape index (κ3) is 2.46. The normalized spacial score (nSPS) is 11.0. The molecule has 0 aliphatic rings. The van der Waals surface area contributed by atoms with Crippen molar-refractivity contribution in [2.75, 3.05) is 5.73 Å². The van der Waals surface area contributed by atoms with E-state index >= 15 is 0 Å². The molecule has 0 saturated heterocycles. The molecule has 0 spiro atoms. The largest absolute Gasteiger partial charge is 0.379 e. The predicted molar refractivity (Wildman–Crippen MR) is 86.8 cm³/mol. The van der Waals surface area contributed by atoms with Gasteiger partial charge < -0.3 is 5.73 Å². The van der Waals surface area contributed by atoms with Crippen LogP contribution in [0.4, 0.5) is 5.82 Å². The zero-order chi connectivity index (χ0) is 15.1. The van der Waals surface area contributed by atoms with Crippen LogP contribution in [0.15, 0.2) is 41.2 Å². The Morgan fingerprint density at radius 3 is 2.29 bits per heavy atom. The second-order valence-electron chi connectivity index (χ2n) is 4.37. The van der Waals surface area contributed by atoms with E-state index < -0.39 is 5.56 Å². The Morgan fingerprint density at radius 2 is 1.62 bits per heavy atom. The molecule has 2 N–H and O–H groups in total. The topological polar surface area (TPSA) is 60.9 Å². The lowest BCUT2D eigenvalue weighted by Gasteiger charge is -2.12. The van der Waals surface area contributed by atoms with Crippen LogP contribution in [0.3, 0.4) is 0 Å². The van der Waals surface area contributed by atoms with Crippen LogP contribution in [0.5, 0.6) is 0 Å². The van der Waals surface area contributed by atoms with E-state index in [2.05, 4.69) is 4.98 Å². The smallest absolute Gasteiger partial charge is 0.298 e. The Balaban J connectivity index is 2.44. The molecule has 0 saturated carbocycles. The average Bonchev–Trinajstić information content (AvgIpc) is 2.44. The zero-order valence-electron chi connectivity index (χ0n) is 10.5. The molecule has 0 unspecified atom stereocenters. The van der Waals surface area contributed by atoms with E-state index in [4.69, 9.17) is 40.5 Å². The molecule has 0 amide bonds. The summed E-state index contributed by atoms with van der Waals surface area (Å²) in [6, 6.07) is 9.95. The fraction of sp³-hybridized carbons (Fsp3) is 0. The maximum atomic E-state index is 12.3. The number of nitrogens with two attached hydrogens (primary N) is 1. The zero-order valence-corrected chi connectivity index (χ0v) is 12.7. The Labute approximate surface area is 134 Å². The molecule has 0 bridgehead atoms. The van der Waals surface area contributed by atoms with Gasteiger partial charge in [-0.2, -0.15) is 0 Å². The lowest BCUT2D eigenvalue weighted by atomic mass is 10.2. The molecule has 3 aromatic rings. The fourth-order valence-corrected chi connectivity index (χ4v) is 2.48. The Bertz CT molecular complexity index is 904. The summed E-state index contributed by atoms with van der Waals surface area (Å²) in [7, 11) is 0. The van der Waals surface area contributed by atoms with Gasteiger partial charge in [0.1, 0.15) is 0 Å². The SMILES string of the molecule is Nc1nc2cc(Cl)c(Cl)cc2n(-c2ccc(Cl)cc2)c1=O. The number of hydrogen-bond donors (Lipinski definition) is 1. The molecule has 3 rings (SSSR count). The van der Waals surface area contributed by atoms with Crippen LogP contribution < -0.4 is 11.3 Å². The molecule has 4 nitrogen and oxygen atoms in total. The van der Waals surface area contributed by atoms with Gasteiger partial charge in [0.2, 0.25) is 0 Å². The summed E-state index contributed by atoms with van der Waals surface area (Å²) in [5.41, 5.74) is 6.88. The molecule has 7 heteroatoms. The summed E-state index contributed by atoms with van der Waals surface area (Å²) in [5.74, 6) is -0.115. The summed E-state index contributed by atoms with van der Waals surface area (Å²) in [4.78, 5) is 16.4. The molecule has 1 aromatic heterocycles. The first-order chi connectivity index (χ1) is 9.97. The highest BCUT2D eigenvalue weighted by atomic mass is 35.5. The summed E-state index contributed by atoms with van der Waals surface area (Å²) >= 11 is 17.9. The van der Waals surface area contributed by atoms with Crippen molar-refractivity contribution < 1.29 is 0 Å². The Hall–Kier alpha value is -1.75. The number of nitrogens with zero attached hydrogens (tertiary/aromatic N) is 2. The Morgan fingerprint density at radius 1 is 1.00 bits per heavy atom. The number of anilines is 1. The van der Waals surface area contributed by atoms with Gasteiger partial charge in [0.25, 0.3) is 5.56 Å². The predicted octanol–water partition coefficient (Wildman–Crippen LogP) is 3.93. The van der Waals surface area contributed by atoms with E-state index in [1.165, 1.54) is 4.57 Å². The number of aromatic nitrogens is 2. The van der Waals surface area contributed by atoms with Crippen LogP contribution in [-0.2, 0) is 0 Å². The molecule has 1 heterocycles. The first kappa shape index (κ1) is 14.2. The molecule has 0 fully saturated rings. The highest BCUT2D eigenvalue weighted by Crippen LogP contribution is 2.28. The van der Waals surface area contributed by atoms with Gasteiger partial charge in [-0.15, -0.1) is 0 Å². The number of benzene rings is 2. The van der Waals surface area contributed by atoms with Crippen molar-refractivity contribution in [1.29, 1.82) is 0 Å². The van der Waals surface area contributed by atoms with Crippen molar-refractivity contribution in [2.24, 2.45) is 0 Å². The van der Waals surface area contributed by atoms with Crippen LogP contribution >= 0.6 is 34.8 Å². The standard InChI is InChI=1S/C14H8Cl3N3O/c15-7-1-3-8(4-2-7)20-12-6-10(17)9(16)5-11(12)19-13(18)14(20)21/h1-6H,(H2,18,19). The third-order valence-corrected chi connectivity index (χ3v) is 3.98. The second-order valence-corrected chi connectivity index (χ2v) is 5.62. The number of halogens is 3. The highest BCUT2D eigenvalue weighted by molar-refractivity contribution is 6.42. The number of fused-ring (bicyclic) bond motifs is 1. The van der Waals surface area contributed by atoms with E-state index in [1.54, 1.807) is 36.4 Å². The van der Waals surface area contributed by atoms with Gasteiger partial charge in [0, 0.05) is 10.7 Å². The van der Waals surface area contributed by atoms with Crippen molar-refractivity contribution in [3.05, 3.63) is 61.8 Å². The minimum atomic E-state index is -0.428. The van der Waals surface area contributed by atoms with Crippen molar-refractivity contribution in [1.82, 2.24) is 9.55 Å². The van der Waals surface area contributed by atoms with Gasteiger partial charge in [0.15, 0.2) is 5.82 Å². The summed E-state index contributed by atoms with van der Waals surface area (Å²) in [5, 5.41) is 1.24. The third-order valence-electron chi connectivity index (χ3n) is 3.01. The van der Waals surface area contributed by atoms with Gasteiger partial charge in [-0.3, -0.25) is 9.36 Å². The van der Waals surface area contributed by atoms with Crippen molar-refractivity contribution in [3.63, 3.8) is 0 Å². The van der Waals surface area contributed by atoms with Gasteiger partial charge in [-0.1, -0.05) is 34.8 Å². The molecule has 21 heavy (non-hydrogen) atoms. The van der Waals surface area contributed by atoms with E-state index in [0.717, 1.165) is 0 Å². The summed E-state index contributed by atoms with van der Waals surface area (Å²) < 4.78 is 1.43. The van der Waals surface area contributed by atoms with Gasteiger partial charge in [-0.05, 0) is 36.4 Å². The molecule has 2 aromatic carbocycles. The number of hydrogen-bond acceptors (Lipinski definition) is 3. The average molecular weight is 341 g/mol. The summed E-state index contributed by atoms with van der Waals surface area (Å²) in [6.45, 7) is 0. The minimum absolute atomic E-state index is 0.115. The quantitative estimate of drug-likeness (QED) is 0.730.